The molecule has 4 nitrogen and oxygen atoms in total. The van der Waals surface area contributed by atoms with Gasteiger partial charge in [0, 0.05) is 25.3 Å². The molecule has 0 radical (unpaired) electrons. The van der Waals surface area contributed by atoms with Gasteiger partial charge in [0.05, 0.1) is 0 Å². The second-order valence-corrected chi connectivity index (χ2v) is 3.51. The molecule has 14 heavy (non-hydrogen) atoms. The predicted molar refractivity (Wildman–Crippen MR) is 59.5 cm³/mol. The first kappa shape index (κ1) is 11.1. The molecule has 1 aliphatic heterocycles. The van der Waals surface area contributed by atoms with Crippen molar-refractivity contribution in [3.63, 3.8) is 0 Å². The SMILES string of the molecule is N/C=C\C=C(\N)CN1CCCNCC1. The molecule has 0 spiro atoms. The van der Waals surface area contributed by atoms with E-state index in [9.17, 15) is 0 Å². The van der Waals surface area contributed by atoms with Crippen LogP contribution in [0.25, 0.3) is 0 Å². The van der Waals surface area contributed by atoms with E-state index in [0.29, 0.717) is 0 Å². The summed E-state index contributed by atoms with van der Waals surface area (Å²) in [6.07, 6.45) is 6.32. The minimum atomic E-state index is 0.839. The van der Waals surface area contributed by atoms with Crippen molar-refractivity contribution in [2.45, 2.75) is 6.42 Å². The first-order valence-electron chi connectivity index (χ1n) is 5.09. The molecule has 0 aromatic rings. The molecule has 0 bridgehead atoms. The fourth-order valence-corrected chi connectivity index (χ4v) is 1.55. The molecule has 0 unspecified atom stereocenters. The Hall–Kier alpha value is -1.00. The van der Waals surface area contributed by atoms with Gasteiger partial charge in [0.15, 0.2) is 0 Å². The average molecular weight is 196 g/mol. The summed E-state index contributed by atoms with van der Waals surface area (Å²) in [7, 11) is 0. The van der Waals surface area contributed by atoms with Gasteiger partial charge in [-0.05, 0) is 37.9 Å². The number of nitrogens with two attached hydrogens (primary N) is 2. The van der Waals surface area contributed by atoms with Crippen molar-refractivity contribution >= 4 is 0 Å². The van der Waals surface area contributed by atoms with Crippen LogP contribution in [0, 0.1) is 0 Å². The number of hydrogen-bond donors (Lipinski definition) is 3. The van der Waals surface area contributed by atoms with Crippen LogP contribution in [0.3, 0.4) is 0 Å². The molecule has 80 valence electrons. The third-order valence-corrected chi connectivity index (χ3v) is 2.26. The van der Waals surface area contributed by atoms with E-state index in [0.717, 1.165) is 38.4 Å². The van der Waals surface area contributed by atoms with Crippen molar-refractivity contribution in [1.29, 1.82) is 0 Å². The van der Waals surface area contributed by atoms with Crippen molar-refractivity contribution in [1.82, 2.24) is 10.2 Å². The molecule has 0 amide bonds. The lowest BCUT2D eigenvalue weighted by molar-refractivity contribution is 0.316. The van der Waals surface area contributed by atoms with Gasteiger partial charge in [0.25, 0.3) is 0 Å². The first-order valence-corrected chi connectivity index (χ1v) is 5.09. The molecule has 0 aliphatic carbocycles. The molecular weight excluding hydrogens is 176 g/mol. The number of hydrogen-bond acceptors (Lipinski definition) is 4. The topological polar surface area (TPSA) is 67.3 Å². The summed E-state index contributed by atoms with van der Waals surface area (Å²) >= 11 is 0. The molecule has 0 atom stereocenters. The number of nitrogens with zero attached hydrogens (tertiary/aromatic N) is 1. The monoisotopic (exact) mass is 196 g/mol. The van der Waals surface area contributed by atoms with Gasteiger partial charge in [-0.2, -0.15) is 0 Å². The lowest BCUT2D eigenvalue weighted by Gasteiger charge is -2.19. The van der Waals surface area contributed by atoms with Crippen LogP contribution < -0.4 is 16.8 Å². The normalized spacial score (nSPS) is 21.3. The Bertz CT molecular complexity index is 202. The first-order chi connectivity index (χ1) is 6.83. The lowest BCUT2D eigenvalue weighted by Crippen LogP contribution is -2.31. The molecule has 0 saturated carbocycles. The molecule has 1 saturated heterocycles. The quantitative estimate of drug-likeness (QED) is 0.537. The Labute approximate surface area is 85.6 Å². The third kappa shape index (κ3) is 4.30. The largest absolute Gasteiger partial charge is 0.405 e. The summed E-state index contributed by atoms with van der Waals surface area (Å²) in [5.74, 6) is 0. The summed E-state index contributed by atoms with van der Waals surface area (Å²) in [4.78, 5) is 2.36. The van der Waals surface area contributed by atoms with Crippen LogP contribution >= 0.6 is 0 Å². The molecule has 1 aliphatic rings. The van der Waals surface area contributed by atoms with Crippen LogP contribution in [-0.4, -0.2) is 37.6 Å². The van der Waals surface area contributed by atoms with Crippen LogP contribution in [-0.2, 0) is 0 Å². The summed E-state index contributed by atoms with van der Waals surface area (Å²) in [6.45, 7) is 5.20. The molecule has 0 aromatic carbocycles. The van der Waals surface area contributed by atoms with Gasteiger partial charge in [-0.15, -0.1) is 0 Å². The van der Waals surface area contributed by atoms with Crippen LogP contribution in [0.2, 0.25) is 0 Å². The van der Waals surface area contributed by atoms with Crippen molar-refractivity contribution in [3.8, 4) is 0 Å². The van der Waals surface area contributed by atoms with Crippen molar-refractivity contribution in [2.75, 3.05) is 32.7 Å². The van der Waals surface area contributed by atoms with Gasteiger partial charge in [0.2, 0.25) is 0 Å². The molecular formula is C10H20N4. The second-order valence-electron chi connectivity index (χ2n) is 3.51. The minimum absolute atomic E-state index is 0.839. The van der Waals surface area contributed by atoms with Gasteiger partial charge in [-0.1, -0.05) is 0 Å². The van der Waals surface area contributed by atoms with Crippen LogP contribution in [0.15, 0.2) is 24.0 Å². The Morgan fingerprint density at radius 1 is 1.36 bits per heavy atom. The van der Waals surface area contributed by atoms with Gasteiger partial charge >= 0.3 is 0 Å². The van der Waals surface area contributed by atoms with Gasteiger partial charge < -0.3 is 16.8 Å². The highest BCUT2D eigenvalue weighted by molar-refractivity contribution is 5.10. The average Bonchev–Trinajstić information content (AvgIpc) is 2.43. The van der Waals surface area contributed by atoms with Crippen LogP contribution in [0.1, 0.15) is 6.42 Å². The lowest BCUT2D eigenvalue weighted by atomic mass is 10.3. The number of nitrogens with one attached hydrogen (secondary N) is 1. The van der Waals surface area contributed by atoms with E-state index in [1.807, 2.05) is 6.08 Å². The smallest absolute Gasteiger partial charge is 0.0380 e. The summed E-state index contributed by atoms with van der Waals surface area (Å²) in [5, 5.41) is 3.36. The fraction of sp³-hybridized carbons (Fsp3) is 0.600. The maximum atomic E-state index is 5.83. The van der Waals surface area contributed by atoms with E-state index < -0.39 is 0 Å². The van der Waals surface area contributed by atoms with E-state index in [2.05, 4.69) is 10.2 Å². The summed E-state index contributed by atoms with van der Waals surface area (Å²) in [6, 6.07) is 0. The molecule has 1 rings (SSSR count). The van der Waals surface area contributed by atoms with E-state index in [-0.39, 0.29) is 0 Å². The van der Waals surface area contributed by atoms with Crippen LogP contribution in [0.4, 0.5) is 0 Å². The van der Waals surface area contributed by atoms with Gasteiger partial charge in [-0.25, -0.2) is 0 Å². The highest BCUT2D eigenvalue weighted by atomic mass is 15.2. The maximum absolute atomic E-state index is 5.83. The van der Waals surface area contributed by atoms with E-state index in [4.69, 9.17) is 11.5 Å². The highest BCUT2D eigenvalue weighted by Crippen LogP contribution is 1.98. The third-order valence-electron chi connectivity index (χ3n) is 2.26. The Kier molecular flexibility index (Phi) is 5.11. The zero-order valence-corrected chi connectivity index (χ0v) is 8.58. The Morgan fingerprint density at radius 3 is 3.00 bits per heavy atom. The summed E-state index contributed by atoms with van der Waals surface area (Å²) < 4.78 is 0. The van der Waals surface area contributed by atoms with Gasteiger partial charge in [-0.3, -0.25) is 4.90 Å². The molecule has 5 N–H and O–H groups in total. The highest BCUT2D eigenvalue weighted by Gasteiger charge is 2.08. The minimum Gasteiger partial charge on any atom is -0.405 e. The Morgan fingerprint density at radius 2 is 2.21 bits per heavy atom. The zero-order chi connectivity index (χ0) is 10.2. The van der Waals surface area contributed by atoms with E-state index in [1.165, 1.54) is 12.6 Å². The summed E-state index contributed by atoms with van der Waals surface area (Å²) in [5.41, 5.74) is 11.9. The second kappa shape index (κ2) is 6.45. The molecule has 4 heteroatoms. The standard InChI is InChI=1S/C10H20N4/c11-4-1-3-10(12)9-14-7-2-5-13-6-8-14/h1,3-4,13H,2,5-9,11-12H2/b4-1-,10-3+. The van der Waals surface area contributed by atoms with Crippen molar-refractivity contribution in [3.05, 3.63) is 24.0 Å². The van der Waals surface area contributed by atoms with E-state index in [1.54, 1.807) is 6.08 Å². The number of rotatable bonds is 3. The van der Waals surface area contributed by atoms with Crippen LogP contribution in [0.5, 0.6) is 0 Å². The number of allylic oxidation sites excluding steroid dienone is 2. The maximum Gasteiger partial charge on any atom is 0.0380 e. The Balaban J connectivity index is 2.33. The van der Waals surface area contributed by atoms with Crippen molar-refractivity contribution in [2.24, 2.45) is 11.5 Å². The molecule has 1 heterocycles. The zero-order valence-electron chi connectivity index (χ0n) is 8.58. The van der Waals surface area contributed by atoms with E-state index >= 15 is 0 Å². The van der Waals surface area contributed by atoms with Crippen molar-refractivity contribution < 1.29 is 0 Å². The predicted octanol–water partition coefficient (Wildman–Crippen LogP) is -0.403. The van der Waals surface area contributed by atoms with Gasteiger partial charge in [0.1, 0.15) is 0 Å². The molecule has 1 fully saturated rings. The molecule has 0 aromatic heterocycles. The fourth-order valence-electron chi connectivity index (χ4n) is 1.55.